The highest BCUT2D eigenvalue weighted by Gasteiger charge is 2.45. The van der Waals surface area contributed by atoms with Crippen molar-refractivity contribution < 1.29 is 4.79 Å². The van der Waals surface area contributed by atoms with Gasteiger partial charge >= 0.3 is 0 Å². The number of ketones is 1. The molecule has 1 heterocycles. The minimum absolute atomic E-state index is 0.341. The molecule has 1 saturated carbocycles. The summed E-state index contributed by atoms with van der Waals surface area (Å²) in [6.07, 6.45) is 4.56. The van der Waals surface area contributed by atoms with E-state index in [0.29, 0.717) is 12.2 Å². The number of benzene rings is 1. The summed E-state index contributed by atoms with van der Waals surface area (Å²) in [5.74, 6) is 0.341. The molecule has 3 heteroatoms. The Morgan fingerprint density at radius 3 is 2.84 bits per heavy atom. The molecule has 1 aliphatic carbocycles. The molecule has 1 atom stereocenters. The summed E-state index contributed by atoms with van der Waals surface area (Å²) in [7, 11) is 0. The summed E-state index contributed by atoms with van der Waals surface area (Å²) in [4.78, 5) is 17.0. The first kappa shape index (κ1) is 12.5. The second-order valence-corrected chi connectivity index (χ2v) is 5.45. The number of hydrogen-bond donors (Lipinski definition) is 1. The third-order valence-corrected chi connectivity index (χ3v) is 4.24. The molecule has 0 radical (unpaired) electrons. The Labute approximate surface area is 114 Å². The fourth-order valence-electron chi connectivity index (χ4n) is 3.20. The molecule has 1 fully saturated rings. The number of carbonyl (C=O) groups excluding carboxylic acids is 1. The lowest BCUT2D eigenvalue weighted by molar-refractivity contribution is -0.124. The van der Waals surface area contributed by atoms with Gasteiger partial charge in [-0.25, -0.2) is 0 Å². The second kappa shape index (κ2) is 5.25. The maximum absolute atomic E-state index is 12.4. The van der Waals surface area contributed by atoms with Crippen molar-refractivity contribution in [2.45, 2.75) is 44.2 Å². The maximum Gasteiger partial charge on any atom is 0.158 e. The predicted molar refractivity (Wildman–Crippen MR) is 76.4 cm³/mol. The Balaban J connectivity index is 1.81. The fourth-order valence-corrected chi connectivity index (χ4v) is 3.20. The monoisotopic (exact) mass is 256 g/mol. The van der Waals surface area contributed by atoms with Crippen LogP contribution in [0.2, 0.25) is 0 Å². The van der Waals surface area contributed by atoms with E-state index in [4.69, 9.17) is 0 Å². The van der Waals surface area contributed by atoms with Crippen molar-refractivity contribution in [3.05, 3.63) is 35.9 Å². The van der Waals surface area contributed by atoms with Crippen LogP contribution in [0.25, 0.3) is 0 Å². The SMILES string of the molecule is O=C1CCCC2=NCCCC12NCc1ccccc1. The molecule has 1 N–H and O–H groups in total. The maximum atomic E-state index is 12.4. The van der Waals surface area contributed by atoms with Gasteiger partial charge in [-0.05, 0) is 31.2 Å². The van der Waals surface area contributed by atoms with Gasteiger partial charge in [-0.15, -0.1) is 0 Å². The molecule has 100 valence electrons. The molecule has 1 unspecified atom stereocenters. The van der Waals surface area contributed by atoms with Gasteiger partial charge in [-0.3, -0.25) is 15.1 Å². The largest absolute Gasteiger partial charge is 0.297 e. The van der Waals surface area contributed by atoms with Crippen LogP contribution in [0.4, 0.5) is 0 Å². The molecule has 1 aromatic carbocycles. The lowest BCUT2D eigenvalue weighted by atomic mass is 9.74. The third-order valence-electron chi connectivity index (χ3n) is 4.24. The standard InChI is InChI=1S/C16H20N2O/c19-15-9-4-8-14-16(15,10-5-11-17-14)18-12-13-6-2-1-3-7-13/h1-3,6-7,18H,4-5,8-12H2. The minimum Gasteiger partial charge on any atom is -0.297 e. The lowest BCUT2D eigenvalue weighted by Gasteiger charge is -2.40. The summed E-state index contributed by atoms with van der Waals surface area (Å²) in [5.41, 5.74) is 1.87. The van der Waals surface area contributed by atoms with Crippen molar-refractivity contribution in [3.8, 4) is 0 Å². The number of nitrogens with one attached hydrogen (secondary N) is 1. The van der Waals surface area contributed by atoms with Gasteiger partial charge in [-0.2, -0.15) is 0 Å². The van der Waals surface area contributed by atoms with Crippen molar-refractivity contribution in [1.29, 1.82) is 0 Å². The molecule has 3 nitrogen and oxygen atoms in total. The highest BCUT2D eigenvalue weighted by atomic mass is 16.1. The smallest absolute Gasteiger partial charge is 0.158 e. The predicted octanol–water partition coefficient (Wildman–Crippen LogP) is 2.50. The number of aliphatic imine (C=N–C) groups is 1. The molecular weight excluding hydrogens is 236 g/mol. The van der Waals surface area contributed by atoms with E-state index in [1.54, 1.807) is 0 Å². The van der Waals surface area contributed by atoms with Gasteiger partial charge < -0.3 is 0 Å². The van der Waals surface area contributed by atoms with Crippen LogP contribution in [0.15, 0.2) is 35.3 Å². The van der Waals surface area contributed by atoms with Crippen molar-refractivity contribution in [2.24, 2.45) is 4.99 Å². The van der Waals surface area contributed by atoms with E-state index in [0.717, 1.165) is 44.5 Å². The van der Waals surface area contributed by atoms with Crippen LogP contribution in [0.5, 0.6) is 0 Å². The number of hydrogen-bond acceptors (Lipinski definition) is 3. The summed E-state index contributed by atoms with van der Waals surface area (Å²) in [6.45, 7) is 1.63. The Hall–Kier alpha value is -1.48. The van der Waals surface area contributed by atoms with Gasteiger partial charge in [0.05, 0.1) is 0 Å². The summed E-state index contributed by atoms with van der Waals surface area (Å²) in [5, 5.41) is 3.52. The zero-order valence-corrected chi connectivity index (χ0v) is 11.2. The molecule has 0 bridgehead atoms. The molecule has 0 saturated heterocycles. The van der Waals surface area contributed by atoms with Crippen LogP contribution >= 0.6 is 0 Å². The zero-order valence-electron chi connectivity index (χ0n) is 11.2. The van der Waals surface area contributed by atoms with Crippen molar-refractivity contribution in [3.63, 3.8) is 0 Å². The molecule has 0 aromatic heterocycles. The van der Waals surface area contributed by atoms with E-state index < -0.39 is 5.54 Å². The average Bonchev–Trinajstić information content (AvgIpc) is 2.47. The highest BCUT2D eigenvalue weighted by Crippen LogP contribution is 2.30. The van der Waals surface area contributed by atoms with E-state index in [1.807, 2.05) is 18.2 Å². The fraction of sp³-hybridized carbons (Fsp3) is 0.500. The topological polar surface area (TPSA) is 41.5 Å². The first-order valence-electron chi connectivity index (χ1n) is 7.17. The van der Waals surface area contributed by atoms with Crippen LogP contribution in [0.3, 0.4) is 0 Å². The Morgan fingerprint density at radius 2 is 2.00 bits per heavy atom. The number of nitrogens with zero attached hydrogens (tertiary/aromatic N) is 1. The van der Waals surface area contributed by atoms with Gasteiger partial charge in [0, 0.05) is 25.2 Å². The van der Waals surface area contributed by atoms with Crippen LogP contribution in [0.1, 0.15) is 37.7 Å². The molecule has 0 amide bonds. The van der Waals surface area contributed by atoms with Crippen LogP contribution < -0.4 is 5.32 Å². The summed E-state index contributed by atoms with van der Waals surface area (Å²) >= 11 is 0. The number of fused-ring (bicyclic) bond motifs is 1. The highest BCUT2D eigenvalue weighted by molar-refractivity contribution is 6.16. The van der Waals surface area contributed by atoms with E-state index in [2.05, 4.69) is 22.4 Å². The van der Waals surface area contributed by atoms with E-state index >= 15 is 0 Å². The van der Waals surface area contributed by atoms with Gasteiger partial charge in [0.2, 0.25) is 0 Å². The van der Waals surface area contributed by atoms with Gasteiger partial charge in [0.15, 0.2) is 5.78 Å². The number of rotatable bonds is 3. The van der Waals surface area contributed by atoms with Crippen molar-refractivity contribution in [1.82, 2.24) is 5.32 Å². The zero-order chi connectivity index (χ0) is 13.1. The Kier molecular flexibility index (Phi) is 3.47. The molecule has 0 spiro atoms. The van der Waals surface area contributed by atoms with Gasteiger partial charge in [0.1, 0.15) is 5.54 Å². The quantitative estimate of drug-likeness (QED) is 0.902. The molecule has 2 aliphatic rings. The molecule has 1 aliphatic heterocycles. The summed E-state index contributed by atoms with van der Waals surface area (Å²) in [6, 6.07) is 10.3. The van der Waals surface area contributed by atoms with Crippen molar-refractivity contribution in [2.75, 3.05) is 6.54 Å². The Bertz CT molecular complexity index is 495. The molecular formula is C16H20N2O. The molecule has 3 rings (SSSR count). The number of Topliss-reactive ketones (excluding diaryl/α,β-unsaturated/α-hetero) is 1. The van der Waals surface area contributed by atoms with Gasteiger partial charge in [-0.1, -0.05) is 30.3 Å². The second-order valence-electron chi connectivity index (χ2n) is 5.45. The first-order chi connectivity index (χ1) is 9.31. The van der Waals surface area contributed by atoms with Crippen LogP contribution in [-0.4, -0.2) is 23.6 Å². The van der Waals surface area contributed by atoms with Crippen LogP contribution in [-0.2, 0) is 11.3 Å². The average molecular weight is 256 g/mol. The third kappa shape index (κ3) is 2.35. The van der Waals surface area contributed by atoms with E-state index in [9.17, 15) is 4.79 Å². The van der Waals surface area contributed by atoms with Crippen molar-refractivity contribution >= 4 is 11.5 Å². The summed E-state index contributed by atoms with van der Waals surface area (Å²) < 4.78 is 0. The lowest BCUT2D eigenvalue weighted by Crippen LogP contribution is -2.60. The van der Waals surface area contributed by atoms with Crippen LogP contribution in [0, 0.1) is 0 Å². The number of carbonyl (C=O) groups is 1. The van der Waals surface area contributed by atoms with Gasteiger partial charge in [0.25, 0.3) is 0 Å². The molecule has 1 aromatic rings. The van der Waals surface area contributed by atoms with E-state index in [-0.39, 0.29) is 0 Å². The molecule has 19 heavy (non-hydrogen) atoms. The van der Waals surface area contributed by atoms with E-state index in [1.165, 1.54) is 5.56 Å². The minimum atomic E-state index is -0.452. The Morgan fingerprint density at radius 1 is 1.16 bits per heavy atom. The normalized spacial score (nSPS) is 26.7. The first-order valence-corrected chi connectivity index (χ1v) is 7.17.